The number of fused-ring (bicyclic) bond motifs is 1. The summed E-state index contributed by atoms with van der Waals surface area (Å²) in [5.41, 5.74) is 2.44. The molecular formula is C17H14O2. The fraction of sp³-hybridized carbons (Fsp3) is 0.0588. The highest BCUT2D eigenvalue weighted by atomic mass is 16.3. The van der Waals surface area contributed by atoms with Crippen LogP contribution in [0.1, 0.15) is 11.1 Å². The van der Waals surface area contributed by atoms with Crippen molar-refractivity contribution in [3.63, 3.8) is 0 Å². The molecule has 94 valence electrons. The van der Waals surface area contributed by atoms with Crippen LogP contribution >= 0.6 is 0 Å². The fourth-order valence-corrected chi connectivity index (χ4v) is 2.26. The Morgan fingerprint density at radius 3 is 2.05 bits per heavy atom. The predicted molar refractivity (Wildman–Crippen MR) is 76.5 cm³/mol. The summed E-state index contributed by atoms with van der Waals surface area (Å²) in [6.07, 6.45) is 0.860. The SMILES string of the molecule is Oc1cc2ccc(Cc3ccccc3)cc2cc1O. The average molecular weight is 250 g/mol. The molecule has 0 spiro atoms. The molecule has 0 unspecified atom stereocenters. The van der Waals surface area contributed by atoms with Crippen LogP contribution in [0, 0.1) is 0 Å². The molecule has 3 aromatic carbocycles. The molecule has 0 aliphatic rings. The van der Waals surface area contributed by atoms with Crippen LogP contribution < -0.4 is 0 Å². The first kappa shape index (κ1) is 11.6. The summed E-state index contributed by atoms with van der Waals surface area (Å²) in [4.78, 5) is 0. The topological polar surface area (TPSA) is 40.5 Å². The maximum Gasteiger partial charge on any atom is 0.158 e. The molecule has 0 aliphatic carbocycles. The summed E-state index contributed by atoms with van der Waals surface area (Å²) in [6, 6.07) is 19.5. The number of phenols is 2. The van der Waals surface area contributed by atoms with Crippen molar-refractivity contribution < 1.29 is 10.2 Å². The Bertz CT molecular complexity index is 718. The summed E-state index contributed by atoms with van der Waals surface area (Å²) < 4.78 is 0. The molecule has 0 fully saturated rings. The third-order valence-corrected chi connectivity index (χ3v) is 3.25. The van der Waals surface area contributed by atoms with E-state index in [4.69, 9.17) is 0 Å². The first-order valence-corrected chi connectivity index (χ1v) is 6.21. The van der Waals surface area contributed by atoms with E-state index in [0.717, 1.165) is 17.2 Å². The van der Waals surface area contributed by atoms with Crippen LogP contribution in [0.2, 0.25) is 0 Å². The smallest absolute Gasteiger partial charge is 0.158 e. The summed E-state index contributed by atoms with van der Waals surface area (Å²) >= 11 is 0. The number of rotatable bonds is 2. The van der Waals surface area contributed by atoms with Crippen molar-refractivity contribution in [2.45, 2.75) is 6.42 Å². The van der Waals surface area contributed by atoms with Crippen LogP contribution in [0.5, 0.6) is 11.5 Å². The molecule has 3 aromatic rings. The predicted octanol–water partition coefficient (Wildman–Crippen LogP) is 3.84. The normalized spacial score (nSPS) is 10.7. The molecule has 2 heteroatoms. The highest BCUT2D eigenvalue weighted by Crippen LogP contribution is 2.30. The van der Waals surface area contributed by atoms with Crippen LogP contribution in [0.4, 0.5) is 0 Å². The molecule has 0 aromatic heterocycles. The van der Waals surface area contributed by atoms with Crippen molar-refractivity contribution in [2.24, 2.45) is 0 Å². The molecule has 0 radical (unpaired) electrons. The highest BCUT2D eigenvalue weighted by molar-refractivity contribution is 5.86. The molecule has 3 rings (SSSR count). The molecule has 0 atom stereocenters. The maximum atomic E-state index is 9.55. The van der Waals surface area contributed by atoms with Crippen molar-refractivity contribution in [3.8, 4) is 11.5 Å². The molecule has 2 nitrogen and oxygen atoms in total. The Morgan fingerprint density at radius 1 is 0.632 bits per heavy atom. The van der Waals surface area contributed by atoms with E-state index >= 15 is 0 Å². The monoisotopic (exact) mass is 250 g/mol. The van der Waals surface area contributed by atoms with Crippen molar-refractivity contribution >= 4 is 10.8 Å². The molecule has 19 heavy (non-hydrogen) atoms. The molecule has 0 amide bonds. The van der Waals surface area contributed by atoms with E-state index < -0.39 is 0 Å². The Kier molecular flexibility index (Phi) is 2.84. The van der Waals surface area contributed by atoms with Crippen LogP contribution in [0.15, 0.2) is 60.7 Å². The zero-order valence-electron chi connectivity index (χ0n) is 10.4. The summed E-state index contributed by atoms with van der Waals surface area (Å²) in [7, 11) is 0. The number of benzene rings is 3. The molecule has 0 bridgehead atoms. The van der Waals surface area contributed by atoms with E-state index in [1.807, 2.05) is 36.4 Å². The van der Waals surface area contributed by atoms with Crippen molar-refractivity contribution in [2.75, 3.05) is 0 Å². The summed E-state index contributed by atoms with van der Waals surface area (Å²) in [5, 5.41) is 20.9. The molecule has 0 saturated carbocycles. The standard InChI is InChI=1S/C17H14O2/c18-16-10-14-7-6-13(9-15(14)11-17(16)19)8-12-4-2-1-3-5-12/h1-7,9-11,18-19H,8H2. The average Bonchev–Trinajstić information content (AvgIpc) is 2.42. The zero-order chi connectivity index (χ0) is 13.2. The van der Waals surface area contributed by atoms with Crippen molar-refractivity contribution in [1.29, 1.82) is 0 Å². The van der Waals surface area contributed by atoms with Crippen LogP contribution in [0.3, 0.4) is 0 Å². The van der Waals surface area contributed by atoms with Crippen LogP contribution in [0.25, 0.3) is 10.8 Å². The Balaban J connectivity index is 2.00. The first-order chi connectivity index (χ1) is 9.22. The lowest BCUT2D eigenvalue weighted by Gasteiger charge is -2.06. The van der Waals surface area contributed by atoms with E-state index in [1.54, 1.807) is 12.1 Å². The second-order valence-corrected chi connectivity index (χ2v) is 4.68. The van der Waals surface area contributed by atoms with Gasteiger partial charge in [-0.25, -0.2) is 0 Å². The molecule has 0 aliphatic heterocycles. The van der Waals surface area contributed by atoms with Gasteiger partial charge in [0.1, 0.15) is 0 Å². The Hall–Kier alpha value is -2.48. The lowest BCUT2D eigenvalue weighted by atomic mass is 10.0. The number of aromatic hydroxyl groups is 2. The Labute approximate surface area is 111 Å². The molecule has 0 saturated heterocycles. The van der Waals surface area contributed by atoms with E-state index in [0.29, 0.717) is 0 Å². The van der Waals surface area contributed by atoms with Gasteiger partial charge in [-0.3, -0.25) is 0 Å². The zero-order valence-corrected chi connectivity index (χ0v) is 10.4. The Morgan fingerprint density at radius 2 is 1.32 bits per heavy atom. The minimum atomic E-state index is -0.0803. The molecule has 2 N–H and O–H groups in total. The minimum absolute atomic E-state index is 0.0793. The van der Waals surface area contributed by atoms with Crippen LogP contribution in [-0.2, 0) is 6.42 Å². The van der Waals surface area contributed by atoms with Crippen molar-refractivity contribution in [3.05, 3.63) is 71.8 Å². The van der Waals surface area contributed by atoms with Gasteiger partial charge in [0.2, 0.25) is 0 Å². The van der Waals surface area contributed by atoms with E-state index in [-0.39, 0.29) is 11.5 Å². The number of hydrogen-bond acceptors (Lipinski definition) is 2. The van der Waals surface area contributed by atoms with Gasteiger partial charge in [0.15, 0.2) is 11.5 Å². The van der Waals surface area contributed by atoms with Crippen molar-refractivity contribution in [1.82, 2.24) is 0 Å². The largest absolute Gasteiger partial charge is 0.504 e. The maximum absolute atomic E-state index is 9.55. The fourth-order valence-electron chi connectivity index (χ4n) is 2.26. The van der Waals surface area contributed by atoms with Gasteiger partial charge in [-0.2, -0.15) is 0 Å². The minimum Gasteiger partial charge on any atom is -0.504 e. The van der Waals surface area contributed by atoms with Crippen LogP contribution in [-0.4, -0.2) is 10.2 Å². The van der Waals surface area contributed by atoms with Gasteiger partial charge in [0, 0.05) is 0 Å². The first-order valence-electron chi connectivity index (χ1n) is 6.21. The number of hydrogen-bond donors (Lipinski definition) is 2. The quantitative estimate of drug-likeness (QED) is 0.678. The van der Waals surface area contributed by atoms with Gasteiger partial charge >= 0.3 is 0 Å². The second kappa shape index (κ2) is 4.65. The van der Waals surface area contributed by atoms with Gasteiger partial charge in [0.25, 0.3) is 0 Å². The third kappa shape index (κ3) is 2.38. The lowest BCUT2D eigenvalue weighted by molar-refractivity contribution is 0.405. The van der Waals surface area contributed by atoms with Gasteiger partial charge in [-0.15, -0.1) is 0 Å². The van der Waals surface area contributed by atoms with Gasteiger partial charge < -0.3 is 10.2 Å². The second-order valence-electron chi connectivity index (χ2n) is 4.68. The number of phenolic OH excluding ortho intramolecular Hbond substituents is 2. The lowest BCUT2D eigenvalue weighted by Crippen LogP contribution is -1.87. The van der Waals surface area contributed by atoms with Gasteiger partial charge in [-0.05, 0) is 40.5 Å². The summed E-state index contributed by atoms with van der Waals surface area (Å²) in [6.45, 7) is 0. The molecular weight excluding hydrogens is 236 g/mol. The summed E-state index contributed by atoms with van der Waals surface area (Å²) in [5.74, 6) is -0.160. The van der Waals surface area contributed by atoms with Gasteiger partial charge in [-0.1, -0.05) is 48.5 Å². The third-order valence-electron chi connectivity index (χ3n) is 3.25. The highest BCUT2D eigenvalue weighted by Gasteiger charge is 2.03. The molecule has 0 heterocycles. The van der Waals surface area contributed by atoms with Gasteiger partial charge in [0.05, 0.1) is 0 Å². The van der Waals surface area contributed by atoms with E-state index in [9.17, 15) is 10.2 Å². The van der Waals surface area contributed by atoms with E-state index in [1.165, 1.54) is 11.1 Å². The van der Waals surface area contributed by atoms with E-state index in [2.05, 4.69) is 12.1 Å².